The van der Waals surface area contributed by atoms with E-state index in [4.69, 9.17) is 19.3 Å². The van der Waals surface area contributed by atoms with E-state index in [9.17, 15) is 9.59 Å². The van der Waals surface area contributed by atoms with E-state index in [-0.39, 0.29) is 29.4 Å². The third-order valence-corrected chi connectivity index (χ3v) is 9.07. The van der Waals surface area contributed by atoms with Crippen molar-refractivity contribution in [1.82, 2.24) is 15.1 Å². The van der Waals surface area contributed by atoms with E-state index in [1.807, 2.05) is 49.6 Å². The first kappa shape index (κ1) is 29.7. The molecule has 11 heteroatoms. The number of benzene rings is 2. The summed E-state index contributed by atoms with van der Waals surface area (Å²) in [5.41, 5.74) is 6.09. The highest BCUT2D eigenvalue weighted by Gasteiger charge is 2.39. The van der Waals surface area contributed by atoms with Crippen LogP contribution < -0.4 is 19.7 Å². The fraction of sp³-hybridized carbons (Fsp3) is 0.323. The quantitative estimate of drug-likeness (QED) is 0.249. The third-order valence-electron chi connectivity index (χ3n) is 7.11. The van der Waals surface area contributed by atoms with Crippen molar-refractivity contribution >= 4 is 40.7 Å². The topological polar surface area (TPSA) is 94.9 Å². The summed E-state index contributed by atoms with van der Waals surface area (Å²) in [6.45, 7) is 4.61. The summed E-state index contributed by atoms with van der Waals surface area (Å²) >= 11 is 3.12. The number of methoxy groups -OCH3 is 3. The second-order valence-electron chi connectivity index (χ2n) is 9.90. The number of rotatable bonds is 10. The molecule has 1 aliphatic heterocycles. The van der Waals surface area contributed by atoms with Gasteiger partial charge in [-0.2, -0.15) is 16.4 Å². The van der Waals surface area contributed by atoms with Gasteiger partial charge in [0.05, 0.1) is 43.1 Å². The first-order valence-corrected chi connectivity index (χ1v) is 15.5. The SMILES string of the molecule is COCCNC(=O)CN1C(=O)CS[C@@H](c2ccsc2)c2c(-c3c(OC)cccc3OC)nn(-c3ccc(C)cc3C)c21. The maximum absolute atomic E-state index is 13.9. The normalized spacial score (nSPS) is 14.8. The first-order valence-electron chi connectivity index (χ1n) is 13.5. The van der Waals surface area contributed by atoms with E-state index in [1.165, 1.54) is 11.8 Å². The molecule has 1 N–H and O–H groups in total. The molecule has 0 saturated heterocycles. The molecule has 2 aromatic heterocycles. The van der Waals surface area contributed by atoms with Crippen LogP contribution in [-0.4, -0.2) is 68.4 Å². The van der Waals surface area contributed by atoms with E-state index < -0.39 is 0 Å². The molecule has 4 aromatic rings. The molecule has 1 aliphatic rings. The van der Waals surface area contributed by atoms with Crippen molar-refractivity contribution in [2.45, 2.75) is 19.1 Å². The summed E-state index contributed by atoms with van der Waals surface area (Å²) in [5, 5.41) is 12.0. The number of anilines is 1. The van der Waals surface area contributed by atoms with Crippen molar-refractivity contribution in [3.8, 4) is 28.4 Å². The number of aryl methyl sites for hydroxylation is 2. The Labute approximate surface area is 253 Å². The van der Waals surface area contributed by atoms with Crippen LogP contribution in [0.2, 0.25) is 0 Å². The molecule has 0 saturated carbocycles. The second-order valence-corrected chi connectivity index (χ2v) is 11.8. The van der Waals surface area contributed by atoms with Crippen molar-refractivity contribution in [1.29, 1.82) is 0 Å². The van der Waals surface area contributed by atoms with Crippen LogP contribution in [0.5, 0.6) is 11.5 Å². The zero-order chi connectivity index (χ0) is 29.8. The molecule has 0 radical (unpaired) electrons. The van der Waals surface area contributed by atoms with Gasteiger partial charge in [0.2, 0.25) is 11.8 Å². The molecule has 1 atom stereocenters. The Hall–Kier alpha value is -3.80. The lowest BCUT2D eigenvalue weighted by molar-refractivity contribution is -0.123. The molecule has 0 unspecified atom stereocenters. The number of hydrogen-bond acceptors (Lipinski definition) is 8. The van der Waals surface area contributed by atoms with Gasteiger partial charge in [-0.05, 0) is 60.0 Å². The summed E-state index contributed by atoms with van der Waals surface area (Å²) in [4.78, 5) is 28.6. The van der Waals surface area contributed by atoms with Gasteiger partial charge in [-0.15, -0.1) is 11.8 Å². The van der Waals surface area contributed by atoms with Gasteiger partial charge in [-0.25, -0.2) is 4.68 Å². The minimum Gasteiger partial charge on any atom is -0.496 e. The average Bonchev–Trinajstić information content (AvgIpc) is 3.62. The molecule has 0 bridgehead atoms. The van der Waals surface area contributed by atoms with E-state index >= 15 is 0 Å². The van der Waals surface area contributed by atoms with Gasteiger partial charge in [-0.3, -0.25) is 14.5 Å². The minimum atomic E-state index is -0.282. The summed E-state index contributed by atoms with van der Waals surface area (Å²) in [5.74, 6) is 1.47. The predicted octanol–water partition coefficient (Wildman–Crippen LogP) is 5.17. The van der Waals surface area contributed by atoms with Gasteiger partial charge in [0.25, 0.3) is 0 Å². The Bertz CT molecular complexity index is 1560. The number of amides is 2. The molecule has 9 nitrogen and oxygen atoms in total. The molecular formula is C31H34N4O5S2. The van der Waals surface area contributed by atoms with E-state index in [0.29, 0.717) is 41.7 Å². The first-order chi connectivity index (χ1) is 20.4. The van der Waals surface area contributed by atoms with Crippen molar-refractivity contribution < 1.29 is 23.8 Å². The highest BCUT2D eigenvalue weighted by atomic mass is 32.2. The number of carbonyl (C=O) groups excluding carboxylic acids is 2. The molecule has 3 heterocycles. The van der Waals surface area contributed by atoms with Gasteiger partial charge in [0.1, 0.15) is 29.6 Å². The van der Waals surface area contributed by atoms with E-state index in [2.05, 4.69) is 22.8 Å². The number of ether oxygens (including phenoxy) is 3. The number of nitrogens with zero attached hydrogens (tertiary/aromatic N) is 3. The molecule has 0 fully saturated rings. The molecular weight excluding hydrogens is 572 g/mol. The average molecular weight is 607 g/mol. The van der Waals surface area contributed by atoms with Crippen LogP contribution in [0.1, 0.15) is 27.5 Å². The fourth-order valence-corrected chi connectivity index (χ4v) is 7.14. The smallest absolute Gasteiger partial charge is 0.240 e. The van der Waals surface area contributed by atoms with Gasteiger partial charge >= 0.3 is 0 Å². The number of hydrogen-bond donors (Lipinski definition) is 1. The van der Waals surface area contributed by atoms with Crippen LogP contribution in [0.4, 0.5) is 5.82 Å². The number of carbonyl (C=O) groups is 2. The number of aromatic nitrogens is 2. The maximum Gasteiger partial charge on any atom is 0.240 e. The fourth-order valence-electron chi connectivity index (χ4n) is 5.18. The van der Waals surface area contributed by atoms with Crippen molar-refractivity contribution in [3.05, 3.63) is 75.5 Å². The highest BCUT2D eigenvalue weighted by Crippen LogP contribution is 2.52. The largest absolute Gasteiger partial charge is 0.496 e. The molecule has 220 valence electrons. The summed E-state index contributed by atoms with van der Waals surface area (Å²) < 4.78 is 18.5. The van der Waals surface area contributed by atoms with E-state index in [1.54, 1.807) is 42.2 Å². The molecule has 0 aliphatic carbocycles. The van der Waals surface area contributed by atoms with Crippen LogP contribution in [0.3, 0.4) is 0 Å². The van der Waals surface area contributed by atoms with Gasteiger partial charge in [0, 0.05) is 19.2 Å². The Kier molecular flexibility index (Phi) is 9.20. The minimum absolute atomic E-state index is 0.161. The second kappa shape index (κ2) is 13.0. The Balaban J connectivity index is 1.83. The maximum atomic E-state index is 13.9. The number of thiophene rings is 1. The Morgan fingerprint density at radius 1 is 1.10 bits per heavy atom. The van der Waals surface area contributed by atoms with Crippen LogP contribution in [0, 0.1) is 13.8 Å². The van der Waals surface area contributed by atoms with Crippen LogP contribution >= 0.6 is 23.1 Å². The Morgan fingerprint density at radius 2 is 1.86 bits per heavy atom. The number of nitrogens with one attached hydrogen (secondary N) is 1. The molecule has 5 rings (SSSR count). The lowest BCUT2D eigenvalue weighted by Crippen LogP contribution is -2.43. The number of thioether (sulfide) groups is 1. The zero-order valence-corrected chi connectivity index (χ0v) is 25.9. The molecule has 42 heavy (non-hydrogen) atoms. The summed E-state index contributed by atoms with van der Waals surface area (Å²) in [6.07, 6.45) is 0. The third kappa shape index (κ3) is 5.77. The van der Waals surface area contributed by atoms with Crippen LogP contribution in [0.15, 0.2) is 53.2 Å². The van der Waals surface area contributed by atoms with Crippen molar-refractivity contribution in [2.75, 3.05) is 51.7 Å². The Morgan fingerprint density at radius 3 is 2.50 bits per heavy atom. The van der Waals surface area contributed by atoms with Crippen molar-refractivity contribution in [2.24, 2.45) is 0 Å². The lowest BCUT2D eigenvalue weighted by atomic mass is 9.99. The van der Waals surface area contributed by atoms with Gasteiger partial charge in [-0.1, -0.05) is 23.8 Å². The monoisotopic (exact) mass is 606 g/mol. The van der Waals surface area contributed by atoms with Gasteiger partial charge in [0.15, 0.2) is 0 Å². The molecule has 0 spiro atoms. The predicted molar refractivity (Wildman–Crippen MR) is 167 cm³/mol. The van der Waals surface area contributed by atoms with Crippen molar-refractivity contribution in [3.63, 3.8) is 0 Å². The summed E-state index contributed by atoms with van der Waals surface area (Å²) in [7, 11) is 4.81. The highest BCUT2D eigenvalue weighted by molar-refractivity contribution is 8.00. The molecule has 2 aromatic carbocycles. The zero-order valence-electron chi connectivity index (χ0n) is 24.3. The molecule has 2 amide bonds. The van der Waals surface area contributed by atoms with Crippen LogP contribution in [-0.2, 0) is 14.3 Å². The number of fused-ring (bicyclic) bond motifs is 1. The standard InChI is InChI=1S/C31H34N4O5S2/c1-19-9-10-22(20(2)15-19)35-31-28(29(33-35)27-23(39-4)7-6-8-24(27)40-5)30(21-11-14-41-17-21)42-18-26(37)34(31)16-25(36)32-12-13-38-3/h6-11,14-15,17,30H,12-13,16,18H2,1-5H3,(H,32,36)/t30-/m0/s1. The van der Waals surface area contributed by atoms with E-state index in [0.717, 1.165) is 27.9 Å². The van der Waals surface area contributed by atoms with Gasteiger partial charge < -0.3 is 19.5 Å². The summed E-state index contributed by atoms with van der Waals surface area (Å²) in [6, 6.07) is 13.8. The lowest BCUT2D eigenvalue weighted by Gasteiger charge is -2.23. The van der Waals surface area contributed by atoms with Crippen LogP contribution in [0.25, 0.3) is 16.9 Å².